The zero-order valence-electron chi connectivity index (χ0n) is 16.6. The highest BCUT2D eigenvalue weighted by Gasteiger charge is 2.60. The van der Waals surface area contributed by atoms with Gasteiger partial charge in [-0.15, -0.1) is 0 Å². The molecule has 1 N–H and O–H groups in total. The van der Waals surface area contributed by atoms with Crippen LogP contribution in [0.3, 0.4) is 0 Å². The molecule has 2 amide bonds. The van der Waals surface area contributed by atoms with E-state index in [-0.39, 0.29) is 11.7 Å². The van der Waals surface area contributed by atoms with Gasteiger partial charge in [0.15, 0.2) is 6.10 Å². The van der Waals surface area contributed by atoms with Crippen molar-refractivity contribution < 1.29 is 19.5 Å². The lowest BCUT2D eigenvalue weighted by Crippen LogP contribution is -2.37. The van der Waals surface area contributed by atoms with Gasteiger partial charge in [-0.3, -0.25) is 14.4 Å². The number of rotatable bonds is 3. The summed E-state index contributed by atoms with van der Waals surface area (Å²) in [5.41, 5.74) is 2.68. The average Bonchev–Trinajstić information content (AvgIpc) is 3.26. The summed E-state index contributed by atoms with van der Waals surface area (Å²) in [6.07, 6.45) is -0.975. The first-order valence-corrected chi connectivity index (χ1v) is 10.7. The number of carbonyl (C=O) groups excluding carboxylic acids is 2. The van der Waals surface area contributed by atoms with Crippen LogP contribution in [0.15, 0.2) is 77.3 Å². The van der Waals surface area contributed by atoms with Crippen LogP contribution in [0.5, 0.6) is 5.75 Å². The fourth-order valence-electron chi connectivity index (χ4n) is 4.31. The van der Waals surface area contributed by atoms with E-state index in [1.807, 2.05) is 49.4 Å². The molecule has 5 rings (SSSR count). The Morgan fingerprint density at radius 3 is 2.39 bits per heavy atom. The summed E-state index contributed by atoms with van der Waals surface area (Å²) in [7, 11) is 0. The summed E-state index contributed by atoms with van der Waals surface area (Å²) in [4.78, 5) is 34.2. The maximum Gasteiger partial charge on any atom is 0.266 e. The Labute approximate surface area is 187 Å². The normalized spacial score (nSPS) is 22.8. The number of para-hydroxylation sites is 1. The Morgan fingerprint density at radius 2 is 1.65 bits per heavy atom. The van der Waals surface area contributed by atoms with Gasteiger partial charge in [-0.05, 0) is 55.0 Å². The molecule has 0 spiro atoms. The summed E-state index contributed by atoms with van der Waals surface area (Å²) < 4.78 is 0.754. The molecule has 0 bridgehead atoms. The summed E-state index contributed by atoms with van der Waals surface area (Å²) in [6, 6.07) is 20.9. The highest BCUT2D eigenvalue weighted by Crippen LogP contribution is 2.49. The fourth-order valence-corrected chi connectivity index (χ4v) is 4.69. The van der Waals surface area contributed by atoms with Gasteiger partial charge in [-0.1, -0.05) is 46.3 Å². The van der Waals surface area contributed by atoms with Gasteiger partial charge in [0.2, 0.25) is 5.91 Å². The Kier molecular flexibility index (Phi) is 4.79. The van der Waals surface area contributed by atoms with Gasteiger partial charge in [0.05, 0.1) is 17.4 Å². The summed E-state index contributed by atoms with van der Waals surface area (Å²) in [6.45, 7) is 1.91. The third-order valence-corrected chi connectivity index (χ3v) is 6.19. The largest absolute Gasteiger partial charge is 0.508 e. The average molecular weight is 479 g/mol. The maximum absolute atomic E-state index is 13.6. The first-order valence-electron chi connectivity index (χ1n) is 9.89. The standard InChI is InChI=1S/C24H19BrN2O4/c1-14-6-5-9-17(12-14)26-23(29)20-21(18-13-15(25)10-11-19(18)28)27(31-22(20)24(26)30)16-7-3-2-4-8-16/h2-13,20-22,28H,1H3/t20-,21+,22-/m1/s1. The molecule has 6 nitrogen and oxygen atoms in total. The molecule has 0 unspecified atom stereocenters. The number of fused-ring (bicyclic) bond motifs is 1. The van der Waals surface area contributed by atoms with E-state index >= 15 is 0 Å². The zero-order valence-corrected chi connectivity index (χ0v) is 18.2. The minimum absolute atomic E-state index is 0.0348. The molecule has 2 heterocycles. The number of anilines is 2. The van der Waals surface area contributed by atoms with Gasteiger partial charge in [0.25, 0.3) is 5.91 Å². The second-order valence-electron chi connectivity index (χ2n) is 7.71. The molecular weight excluding hydrogens is 460 g/mol. The Morgan fingerprint density at radius 1 is 0.903 bits per heavy atom. The van der Waals surface area contributed by atoms with Gasteiger partial charge in [0.1, 0.15) is 11.7 Å². The highest BCUT2D eigenvalue weighted by molar-refractivity contribution is 9.10. The van der Waals surface area contributed by atoms with E-state index in [2.05, 4.69) is 15.9 Å². The lowest BCUT2D eigenvalue weighted by atomic mass is 9.90. The third-order valence-electron chi connectivity index (χ3n) is 5.69. The smallest absolute Gasteiger partial charge is 0.266 e. The van der Waals surface area contributed by atoms with Gasteiger partial charge >= 0.3 is 0 Å². The molecule has 2 saturated heterocycles. The number of carbonyl (C=O) groups is 2. The van der Waals surface area contributed by atoms with E-state index in [1.54, 1.807) is 35.4 Å². The van der Waals surface area contributed by atoms with E-state index in [0.717, 1.165) is 10.0 Å². The molecule has 0 aromatic heterocycles. The predicted molar refractivity (Wildman–Crippen MR) is 120 cm³/mol. The molecule has 2 fully saturated rings. The van der Waals surface area contributed by atoms with Crippen molar-refractivity contribution in [2.45, 2.75) is 19.1 Å². The Hall–Kier alpha value is -3.16. The number of amides is 2. The lowest BCUT2D eigenvalue weighted by Gasteiger charge is -2.29. The van der Waals surface area contributed by atoms with Crippen LogP contribution in [-0.4, -0.2) is 23.0 Å². The Bertz CT molecular complexity index is 1180. The van der Waals surface area contributed by atoms with Gasteiger partial charge in [0, 0.05) is 10.0 Å². The predicted octanol–water partition coefficient (Wildman–Crippen LogP) is 4.51. The number of phenolic OH excluding ortho intramolecular Hbond substituents is 1. The van der Waals surface area contributed by atoms with E-state index in [4.69, 9.17) is 4.84 Å². The number of hydrogen-bond donors (Lipinski definition) is 1. The highest BCUT2D eigenvalue weighted by atomic mass is 79.9. The van der Waals surface area contributed by atoms with E-state index < -0.39 is 24.0 Å². The van der Waals surface area contributed by atoms with Crippen LogP contribution >= 0.6 is 15.9 Å². The van der Waals surface area contributed by atoms with E-state index in [1.165, 1.54) is 4.90 Å². The molecule has 3 aromatic carbocycles. The summed E-state index contributed by atoms with van der Waals surface area (Å²) in [5.74, 6) is -1.51. The number of aromatic hydroxyl groups is 1. The number of nitrogens with zero attached hydrogens (tertiary/aromatic N) is 2. The molecule has 156 valence electrons. The molecule has 2 aliphatic heterocycles. The first-order chi connectivity index (χ1) is 15.0. The van der Waals surface area contributed by atoms with Crippen molar-refractivity contribution in [3.8, 4) is 5.75 Å². The molecule has 0 aliphatic carbocycles. The first kappa shape index (κ1) is 19.8. The zero-order chi connectivity index (χ0) is 21.7. The third kappa shape index (κ3) is 3.21. The molecule has 0 saturated carbocycles. The van der Waals surface area contributed by atoms with Crippen LogP contribution in [0.1, 0.15) is 17.2 Å². The van der Waals surface area contributed by atoms with E-state index in [9.17, 15) is 14.7 Å². The second-order valence-corrected chi connectivity index (χ2v) is 8.63. The number of hydrogen-bond acceptors (Lipinski definition) is 5. The molecule has 3 aromatic rings. The summed E-state index contributed by atoms with van der Waals surface area (Å²) in [5, 5.41) is 12.2. The second kappa shape index (κ2) is 7.51. The van der Waals surface area contributed by atoms with Crippen LogP contribution in [0.4, 0.5) is 11.4 Å². The quantitative estimate of drug-likeness (QED) is 0.560. The van der Waals surface area contributed by atoms with Gasteiger partial charge in [-0.25, -0.2) is 9.96 Å². The van der Waals surface area contributed by atoms with Crippen molar-refractivity contribution in [3.63, 3.8) is 0 Å². The van der Waals surface area contributed by atoms with E-state index in [0.29, 0.717) is 16.9 Å². The molecule has 3 atom stereocenters. The fraction of sp³-hybridized carbons (Fsp3) is 0.167. The van der Waals surface area contributed by atoms with Crippen molar-refractivity contribution in [2.24, 2.45) is 5.92 Å². The molecule has 2 aliphatic rings. The van der Waals surface area contributed by atoms with Crippen LogP contribution in [0, 0.1) is 12.8 Å². The number of halogens is 1. The van der Waals surface area contributed by atoms with Gasteiger partial charge in [-0.2, -0.15) is 0 Å². The van der Waals surface area contributed by atoms with Crippen molar-refractivity contribution in [1.82, 2.24) is 0 Å². The number of benzene rings is 3. The Balaban J connectivity index is 1.63. The van der Waals surface area contributed by atoms with Crippen molar-refractivity contribution >= 4 is 39.1 Å². The number of imide groups is 1. The van der Waals surface area contributed by atoms with Crippen molar-refractivity contribution in [1.29, 1.82) is 0 Å². The topological polar surface area (TPSA) is 70.1 Å². The minimum atomic E-state index is -0.975. The minimum Gasteiger partial charge on any atom is -0.508 e. The van der Waals surface area contributed by atoms with Crippen LogP contribution in [-0.2, 0) is 14.4 Å². The molecular formula is C24H19BrN2O4. The number of hydroxylamine groups is 1. The SMILES string of the molecule is Cc1cccc(N2C(=O)[C@H]3[C@@H](ON(c4ccccc4)[C@H]3c3cc(Br)ccc3O)C2=O)c1. The van der Waals surface area contributed by atoms with Crippen molar-refractivity contribution in [3.05, 3.63) is 88.4 Å². The maximum atomic E-state index is 13.6. The van der Waals surface area contributed by atoms with Crippen molar-refractivity contribution in [2.75, 3.05) is 9.96 Å². The monoisotopic (exact) mass is 478 g/mol. The molecule has 0 radical (unpaired) electrons. The van der Waals surface area contributed by atoms with Gasteiger partial charge < -0.3 is 5.11 Å². The summed E-state index contributed by atoms with van der Waals surface area (Å²) >= 11 is 3.44. The van der Waals surface area contributed by atoms with Crippen LogP contribution in [0.2, 0.25) is 0 Å². The van der Waals surface area contributed by atoms with Crippen LogP contribution < -0.4 is 9.96 Å². The number of aryl methyl sites for hydroxylation is 1. The van der Waals surface area contributed by atoms with Crippen LogP contribution in [0.25, 0.3) is 0 Å². The lowest BCUT2D eigenvalue weighted by molar-refractivity contribution is -0.126. The molecule has 31 heavy (non-hydrogen) atoms. The molecule has 7 heteroatoms. The number of phenols is 1.